The molecule has 0 aromatic heterocycles. The SMILES string of the molecule is O=C(NC1CC1)C1CCN(C(=O)Cc2ccc(Br)cc2)CC1. The third-order valence-corrected chi connectivity index (χ3v) is 4.94. The molecule has 3 rings (SSSR count). The van der Waals surface area contributed by atoms with E-state index in [4.69, 9.17) is 0 Å². The number of hydrogen-bond acceptors (Lipinski definition) is 2. The Balaban J connectivity index is 1.46. The van der Waals surface area contributed by atoms with Crippen LogP contribution in [0, 0.1) is 5.92 Å². The van der Waals surface area contributed by atoms with Crippen LogP contribution in [0.4, 0.5) is 0 Å². The second-order valence-electron chi connectivity index (χ2n) is 6.24. The van der Waals surface area contributed by atoms with Gasteiger partial charge in [0.25, 0.3) is 0 Å². The van der Waals surface area contributed by atoms with E-state index in [0.717, 1.165) is 35.7 Å². The van der Waals surface area contributed by atoms with Gasteiger partial charge in [0.1, 0.15) is 0 Å². The molecule has 1 saturated heterocycles. The van der Waals surface area contributed by atoms with Gasteiger partial charge < -0.3 is 10.2 Å². The van der Waals surface area contributed by atoms with Gasteiger partial charge in [-0.05, 0) is 43.4 Å². The van der Waals surface area contributed by atoms with Crippen LogP contribution in [0.15, 0.2) is 28.7 Å². The van der Waals surface area contributed by atoms with Crippen LogP contribution in [-0.2, 0) is 16.0 Å². The summed E-state index contributed by atoms with van der Waals surface area (Å²) in [7, 11) is 0. The van der Waals surface area contributed by atoms with Gasteiger partial charge in [0.2, 0.25) is 11.8 Å². The molecule has 0 bridgehead atoms. The number of hydrogen-bond donors (Lipinski definition) is 1. The Morgan fingerprint density at radius 1 is 1.09 bits per heavy atom. The lowest BCUT2D eigenvalue weighted by Gasteiger charge is -2.31. The Bertz CT molecular complexity index is 546. The third-order valence-electron chi connectivity index (χ3n) is 4.41. The van der Waals surface area contributed by atoms with Crippen molar-refractivity contribution >= 4 is 27.7 Å². The number of rotatable bonds is 4. The van der Waals surface area contributed by atoms with Gasteiger partial charge in [-0.3, -0.25) is 9.59 Å². The summed E-state index contributed by atoms with van der Waals surface area (Å²) >= 11 is 3.40. The number of amides is 2. The molecule has 1 heterocycles. The Kier molecular flexibility index (Phi) is 4.81. The molecule has 5 heteroatoms. The predicted molar refractivity (Wildman–Crippen MR) is 88.3 cm³/mol. The molecule has 2 fully saturated rings. The van der Waals surface area contributed by atoms with Gasteiger partial charge >= 0.3 is 0 Å². The Morgan fingerprint density at radius 3 is 2.32 bits per heavy atom. The van der Waals surface area contributed by atoms with Gasteiger partial charge in [-0.15, -0.1) is 0 Å². The van der Waals surface area contributed by atoms with Crippen molar-refractivity contribution in [3.63, 3.8) is 0 Å². The van der Waals surface area contributed by atoms with Crippen molar-refractivity contribution in [1.82, 2.24) is 10.2 Å². The van der Waals surface area contributed by atoms with Crippen LogP contribution in [0.1, 0.15) is 31.2 Å². The van der Waals surface area contributed by atoms with Crippen LogP contribution < -0.4 is 5.32 Å². The van der Waals surface area contributed by atoms with Gasteiger partial charge in [-0.1, -0.05) is 28.1 Å². The average molecular weight is 365 g/mol. The van der Waals surface area contributed by atoms with Crippen molar-refractivity contribution in [2.24, 2.45) is 5.92 Å². The highest BCUT2D eigenvalue weighted by Gasteiger charge is 2.30. The summed E-state index contributed by atoms with van der Waals surface area (Å²) in [5.74, 6) is 0.420. The maximum atomic E-state index is 12.3. The number of nitrogens with zero attached hydrogens (tertiary/aromatic N) is 1. The first-order valence-corrected chi connectivity index (χ1v) is 8.74. The summed E-state index contributed by atoms with van der Waals surface area (Å²) in [5.41, 5.74) is 1.03. The first kappa shape index (κ1) is 15.5. The summed E-state index contributed by atoms with van der Waals surface area (Å²) in [4.78, 5) is 26.3. The average Bonchev–Trinajstić information content (AvgIpc) is 3.33. The van der Waals surface area contributed by atoms with Crippen molar-refractivity contribution in [1.29, 1.82) is 0 Å². The van der Waals surface area contributed by atoms with Crippen LogP contribution in [0.5, 0.6) is 0 Å². The molecule has 0 atom stereocenters. The number of nitrogens with one attached hydrogen (secondary N) is 1. The summed E-state index contributed by atoms with van der Waals surface area (Å²) in [6, 6.07) is 8.27. The molecule has 1 saturated carbocycles. The van der Waals surface area contributed by atoms with Gasteiger partial charge in [0, 0.05) is 29.5 Å². The molecule has 0 unspecified atom stereocenters. The number of piperidine rings is 1. The zero-order chi connectivity index (χ0) is 15.5. The van der Waals surface area contributed by atoms with Gasteiger partial charge in [0.15, 0.2) is 0 Å². The van der Waals surface area contributed by atoms with Gasteiger partial charge in [-0.25, -0.2) is 0 Å². The summed E-state index contributed by atoms with van der Waals surface area (Å²) in [6.07, 6.45) is 4.24. The fraction of sp³-hybridized carbons (Fsp3) is 0.529. The fourth-order valence-corrected chi connectivity index (χ4v) is 3.09. The lowest BCUT2D eigenvalue weighted by Crippen LogP contribution is -2.43. The second kappa shape index (κ2) is 6.82. The van der Waals surface area contributed by atoms with Crippen molar-refractivity contribution < 1.29 is 9.59 Å². The van der Waals surface area contributed by atoms with Crippen LogP contribution in [0.25, 0.3) is 0 Å². The minimum atomic E-state index is 0.0809. The van der Waals surface area contributed by atoms with Crippen molar-refractivity contribution in [2.45, 2.75) is 38.1 Å². The highest BCUT2D eigenvalue weighted by Crippen LogP contribution is 2.23. The summed E-state index contributed by atoms with van der Waals surface area (Å²) in [5, 5.41) is 3.07. The second-order valence-corrected chi connectivity index (χ2v) is 7.16. The zero-order valence-corrected chi connectivity index (χ0v) is 14.1. The number of benzene rings is 1. The van der Waals surface area contributed by atoms with E-state index in [9.17, 15) is 9.59 Å². The van der Waals surface area contributed by atoms with E-state index in [1.807, 2.05) is 29.2 Å². The van der Waals surface area contributed by atoms with E-state index < -0.39 is 0 Å². The van der Waals surface area contributed by atoms with Crippen LogP contribution in [0.3, 0.4) is 0 Å². The number of likely N-dealkylation sites (tertiary alicyclic amines) is 1. The molecule has 1 aromatic carbocycles. The highest BCUT2D eigenvalue weighted by molar-refractivity contribution is 9.10. The molecule has 118 valence electrons. The first-order chi connectivity index (χ1) is 10.6. The standard InChI is InChI=1S/C17H21BrN2O2/c18-14-3-1-12(2-4-14)11-16(21)20-9-7-13(8-10-20)17(22)19-15-5-6-15/h1-4,13,15H,5-11H2,(H,19,22). The van der Waals surface area contributed by atoms with Crippen molar-refractivity contribution in [2.75, 3.05) is 13.1 Å². The molecular weight excluding hydrogens is 344 g/mol. The fourth-order valence-electron chi connectivity index (χ4n) is 2.83. The Hall–Kier alpha value is -1.36. The molecule has 1 aliphatic carbocycles. The zero-order valence-electron chi connectivity index (χ0n) is 12.6. The molecule has 0 spiro atoms. The lowest BCUT2D eigenvalue weighted by atomic mass is 9.95. The number of carbonyl (C=O) groups excluding carboxylic acids is 2. The number of halogens is 1. The van der Waals surface area contributed by atoms with Gasteiger partial charge in [-0.2, -0.15) is 0 Å². The molecule has 2 amide bonds. The van der Waals surface area contributed by atoms with Crippen LogP contribution >= 0.6 is 15.9 Å². The van der Waals surface area contributed by atoms with E-state index in [2.05, 4.69) is 21.2 Å². The molecule has 0 radical (unpaired) electrons. The molecule has 1 N–H and O–H groups in total. The van der Waals surface area contributed by atoms with E-state index in [1.165, 1.54) is 0 Å². The minimum Gasteiger partial charge on any atom is -0.353 e. The van der Waals surface area contributed by atoms with E-state index in [0.29, 0.717) is 25.6 Å². The molecule has 1 aliphatic heterocycles. The Morgan fingerprint density at radius 2 is 1.73 bits per heavy atom. The van der Waals surface area contributed by atoms with Gasteiger partial charge in [0.05, 0.1) is 6.42 Å². The topological polar surface area (TPSA) is 49.4 Å². The normalized spacial score (nSPS) is 19.0. The first-order valence-electron chi connectivity index (χ1n) is 7.94. The molecular formula is C17H21BrN2O2. The minimum absolute atomic E-state index is 0.0809. The highest BCUT2D eigenvalue weighted by atomic mass is 79.9. The van der Waals surface area contributed by atoms with E-state index in [1.54, 1.807) is 0 Å². The Labute approximate surface area is 139 Å². The van der Waals surface area contributed by atoms with Crippen molar-refractivity contribution in [3.05, 3.63) is 34.3 Å². The van der Waals surface area contributed by atoms with E-state index >= 15 is 0 Å². The molecule has 22 heavy (non-hydrogen) atoms. The van der Waals surface area contributed by atoms with Crippen molar-refractivity contribution in [3.8, 4) is 0 Å². The maximum Gasteiger partial charge on any atom is 0.226 e. The van der Waals surface area contributed by atoms with E-state index in [-0.39, 0.29) is 17.7 Å². The maximum absolute atomic E-state index is 12.3. The summed E-state index contributed by atoms with van der Waals surface area (Å²) in [6.45, 7) is 1.39. The molecule has 2 aliphatic rings. The van der Waals surface area contributed by atoms with Crippen LogP contribution in [-0.4, -0.2) is 35.8 Å². The monoisotopic (exact) mass is 364 g/mol. The number of carbonyl (C=O) groups is 2. The largest absolute Gasteiger partial charge is 0.353 e. The van der Waals surface area contributed by atoms with Crippen LogP contribution in [0.2, 0.25) is 0 Å². The predicted octanol–water partition coefficient (Wildman–Crippen LogP) is 2.51. The molecule has 1 aromatic rings. The lowest BCUT2D eigenvalue weighted by molar-refractivity contribution is -0.135. The molecule has 4 nitrogen and oxygen atoms in total. The summed E-state index contributed by atoms with van der Waals surface area (Å²) < 4.78 is 1.02. The third kappa shape index (κ3) is 4.09. The smallest absolute Gasteiger partial charge is 0.226 e. The quantitative estimate of drug-likeness (QED) is 0.892.